The Morgan fingerprint density at radius 3 is 2.21 bits per heavy atom. The summed E-state index contributed by atoms with van der Waals surface area (Å²) in [6, 6.07) is 15.6. The highest BCUT2D eigenvalue weighted by Crippen LogP contribution is 2.64. The number of halogens is 3. The number of allylic oxidation sites excluding steroid dienone is 2. The van der Waals surface area contributed by atoms with Crippen LogP contribution in [-0.2, 0) is 24.6 Å². The molecule has 6 atom stereocenters. The van der Waals surface area contributed by atoms with Crippen molar-refractivity contribution >= 4 is 40.9 Å². The molecule has 1 saturated carbocycles. The van der Waals surface area contributed by atoms with Crippen LogP contribution in [0.4, 0.5) is 14.5 Å². The van der Waals surface area contributed by atoms with Crippen LogP contribution >= 0.6 is 11.6 Å². The van der Waals surface area contributed by atoms with E-state index in [2.05, 4.69) is 5.43 Å². The first-order valence-corrected chi connectivity index (χ1v) is 15.9. The second-order valence-electron chi connectivity index (χ2n) is 13.8. The zero-order chi connectivity index (χ0) is 33.6. The molecule has 2 heterocycles. The van der Waals surface area contributed by atoms with Crippen molar-refractivity contribution in [3.8, 4) is 5.75 Å². The van der Waals surface area contributed by atoms with E-state index in [1.165, 1.54) is 41.3 Å². The number of phenols is 1. The quantitative estimate of drug-likeness (QED) is 0.259. The van der Waals surface area contributed by atoms with Gasteiger partial charge in [0.25, 0.3) is 11.8 Å². The van der Waals surface area contributed by atoms with Crippen LogP contribution in [-0.4, -0.2) is 44.2 Å². The number of imide groups is 2. The summed E-state index contributed by atoms with van der Waals surface area (Å²) >= 11 is 6.28. The molecule has 2 aliphatic heterocycles. The Kier molecular flexibility index (Phi) is 7.09. The Labute approximate surface area is 275 Å². The van der Waals surface area contributed by atoms with E-state index in [-0.39, 0.29) is 24.7 Å². The van der Waals surface area contributed by atoms with E-state index in [9.17, 15) is 23.9 Å². The largest absolute Gasteiger partial charge is 0.505 e. The van der Waals surface area contributed by atoms with Crippen LogP contribution in [0.1, 0.15) is 50.7 Å². The van der Waals surface area contributed by atoms with Crippen molar-refractivity contribution in [1.82, 2.24) is 9.91 Å². The minimum absolute atomic E-state index is 0.0653. The summed E-state index contributed by atoms with van der Waals surface area (Å²) in [7, 11) is 0. The van der Waals surface area contributed by atoms with Crippen LogP contribution in [0.15, 0.2) is 78.4 Å². The van der Waals surface area contributed by atoms with Gasteiger partial charge in [-0.25, -0.2) is 8.78 Å². The average Bonchev–Trinajstić information content (AvgIpc) is 3.41. The first-order chi connectivity index (χ1) is 22.2. The van der Waals surface area contributed by atoms with Crippen molar-refractivity contribution in [3.05, 3.63) is 106 Å². The van der Waals surface area contributed by atoms with Gasteiger partial charge in [-0.1, -0.05) is 41.4 Å². The highest BCUT2D eigenvalue weighted by molar-refractivity contribution is 6.30. The Balaban J connectivity index is 1.46. The molecule has 3 aromatic carbocycles. The molecular formula is C36H32ClF2N3O5. The maximum atomic E-state index is 15.2. The maximum absolute atomic E-state index is 15.2. The smallest absolute Gasteiger partial charge is 0.260 e. The van der Waals surface area contributed by atoms with E-state index in [4.69, 9.17) is 11.6 Å². The fourth-order valence-electron chi connectivity index (χ4n) is 8.39. The van der Waals surface area contributed by atoms with Crippen molar-refractivity contribution in [3.63, 3.8) is 0 Å². The SMILES string of the molecule is CC(C)(C)N1C(=O)[C@H]2[C@H](CC=C3[C@H]2C[C@H]2C(=O)N(Nc4ccc(F)cc4)C(=O)[C@@]2(c2ccc(Cl)cc2)[C@H]3c2ccc(O)c(F)c2)C1=O. The second-order valence-corrected chi connectivity index (χ2v) is 14.2. The normalized spacial score (nSPS) is 28.6. The van der Waals surface area contributed by atoms with Gasteiger partial charge >= 0.3 is 0 Å². The van der Waals surface area contributed by atoms with Crippen molar-refractivity contribution < 1.29 is 33.1 Å². The number of anilines is 1. The predicted molar refractivity (Wildman–Crippen MR) is 169 cm³/mol. The minimum atomic E-state index is -1.64. The summed E-state index contributed by atoms with van der Waals surface area (Å²) in [5.41, 5.74) is 2.19. The van der Waals surface area contributed by atoms with E-state index >= 15 is 9.18 Å². The summed E-state index contributed by atoms with van der Waals surface area (Å²) in [6.07, 6.45) is 2.17. The third kappa shape index (κ3) is 4.52. The summed E-state index contributed by atoms with van der Waals surface area (Å²) in [5.74, 6) is -7.87. The lowest BCUT2D eigenvalue weighted by Gasteiger charge is -2.50. The molecule has 0 unspecified atom stereocenters. The number of carbonyl (C=O) groups is 4. The van der Waals surface area contributed by atoms with Gasteiger partial charge in [0, 0.05) is 16.5 Å². The molecule has 4 amide bonds. The lowest BCUT2D eigenvalue weighted by molar-refractivity contribution is -0.146. The molecule has 11 heteroatoms. The molecule has 0 bridgehead atoms. The van der Waals surface area contributed by atoms with Gasteiger partial charge in [0.2, 0.25) is 11.8 Å². The number of nitrogens with one attached hydrogen (secondary N) is 1. The van der Waals surface area contributed by atoms with Crippen LogP contribution in [0.5, 0.6) is 5.75 Å². The molecule has 2 N–H and O–H groups in total. The van der Waals surface area contributed by atoms with Gasteiger partial charge in [-0.05, 0) is 99.2 Å². The number of rotatable bonds is 4. The Hall–Kier alpha value is -4.57. The van der Waals surface area contributed by atoms with E-state index in [0.29, 0.717) is 27.4 Å². The number of hydrogen-bond acceptors (Lipinski definition) is 6. The zero-order valence-corrected chi connectivity index (χ0v) is 26.6. The molecule has 0 spiro atoms. The number of phenolic OH excluding ortho intramolecular Hbond substituents is 1. The standard InChI is InChI=1S/C36H32ClF2N3O5/c1-35(2,3)41-31(44)24-14-13-23-25(29(24)33(41)46)17-26-32(45)42(40-22-11-9-21(38)10-12-22)34(47)36(26,19-5-7-20(37)8-6-19)30(23)18-4-15-28(43)27(39)16-18/h4-13,15-16,24-26,29-30,40,43H,14,17H2,1-3H3/t24-,25+,26-,29-,30-,36+/m0/s1. The molecule has 3 fully saturated rings. The summed E-state index contributed by atoms with van der Waals surface area (Å²) in [6.45, 7) is 5.38. The molecule has 8 nitrogen and oxygen atoms in total. The minimum Gasteiger partial charge on any atom is -0.505 e. The highest BCUT2D eigenvalue weighted by Gasteiger charge is 2.70. The number of benzene rings is 3. The van der Waals surface area contributed by atoms with Crippen molar-refractivity contribution in [2.24, 2.45) is 23.7 Å². The third-order valence-corrected chi connectivity index (χ3v) is 10.5. The number of hydrazine groups is 1. The fourth-order valence-corrected chi connectivity index (χ4v) is 8.52. The zero-order valence-electron chi connectivity index (χ0n) is 25.8. The molecule has 0 radical (unpaired) electrons. The van der Waals surface area contributed by atoms with Crippen LogP contribution in [0.25, 0.3) is 0 Å². The highest BCUT2D eigenvalue weighted by atomic mass is 35.5. The molecule has 0 aromatic heterocycles. The summed E-state index contributed by atoms with van der Waals surface area (Å²) < 4.78 is 28.9. The van der Waals surface area contributed by atoms with Crippen LogP contribution in [0.3, 0.4) is 0 Å². The molecule has 4 aliphatic rings. The summed E-state index contributed by atoms with van der Waals surface area (Å²) in [4.78, 5) is 58.6. The van der Waals surface area contributed by atoms with Gasteiger partial charge in [-0.3, -0.25) is 29.5 Å². The predicted octanol–water partition coefficient (Wildman–Crippen LogP) is 6.11. The molecule has 2 aliphatic carbocycles. The average molecular weight is 660 g/mol. The number of aromatic hydroxyl groups is 1. The van der Waals surface area contributed by atoms with Gasteiger partial charge in [0.1, 0.15) is 5.82 Å². The number of amides is 4. The molecule has 3 aromatic rings. The molecule has 2 saturated heterocycles. The maximum Gasteiger partial charge on any atom is 0.260 e. The first kappa shape index (κ1) is 31.1. The topological polar surface area (TPSA) is 107 Å². The fraction of sp³-hybridized carbons (Fsp3) is 0.333. The van der Waals surface area contributed by atoms with Crippen molar-refractivity contribution in [2.45, 2.75) is 50.5 Å². The Morgan fingerprint density at radius 1 is 0.894 bits per heavy atom. The summed E-state index contributed by atoms with van der Waals surface area (Å²) in [5, 5.41) is 11.5. The van der Waals surface area contributed by atoms with Crippen molar-refractivity contribution in [1.29, 1.82) is 0 Å². The molecule has 242 valence electrons. The van der Waals surface area contributed by atoms with E-state index in [1.807, 2.05) is 6.08 Å². The van der Waals surface area contributed by atoms with E-state index in [1.54, 1.807) is 45.0 Å². The molecule has 47 heavy (non-hydrogen) atoms. The van der Waals surface area contributed by atoms with Gasteiger partial charge in [0.05, 0.1) is 28.9 Å². The van der Waals surface area contributed by atoms with E-state index in [0.717, 1.165) is 11.1 Å². The van der Waals surface area contributed by atoms with E-state index < -0.39 is 69.7 Å². The lowest BCUT2D eigenvalue weighted by atomic mass is 9.49. The number of likely N-dealkylation sites (tertiary alicyclic amines) is 1. The first-order valence-electron chi connectivity index (χ1n) is 15.5. The second kappa shape index (κ2) is 10.7. The van der Waals surface area contributed by atoms with Gasteiger partial charge in [-0.2, -0.15) is 5.01 Å². The monoisotopic (exact) mass is 659 g/mol. The van der Waals surface area contributed by atoms with Crippen LogP contribution < -0.4 is 5.43 Å². The number of fused-ring (bicyclic) bond motifs is 4. The third-order valence-electron chi connectivity index (χ3n) is 10.2. The molecular weight excluding hydrogens is 628 g/mol. The lowest BCUT2D eigenvalue weighted by Crippen LogP contribution is -2.53. The van der Waals surface area contributed by atoms with Crippen molar-refractivity contribution in [2.75, 3.05) is 5.43 Å². The van der Waals surface area contributed by atoms with Gasteiger partial charge in [-0.15, -0.1) is 0 Å². The van der Waals surface area contributed by atoms with Gasteiger partial charge in [0.15, 0.2) is 11.6 Å². The number of nitrogens with zero attached hydrogens (tertiary/aromatic N) is 2. The molecule has 7 rings (SSSR count). The number of hydrogen-bond donors (Lipinski definition) is 2. The Morgan fingerprint density at radius 2 is 1.57 bits per heavy atom. The van der Waals surface area contributed by atoms with Crippen LogP contribution in [0, 0.1) is 35.3 Å². The van der Waals surface area contributed by atoms with Crippen LogP contribution in [0.2, 0.25) is 5.02 Å². The number of carbonyl (C=O) groups excluding carboxylic acids is 4. The van der Waals surface area contributed by atoms with Gasteiger partial charge < -0.3 is 5.11 Å². The Bertz CT molecular complexity index is 1870.